The van der Waals surface area contributed by atoms with Crippen molar-refractivity contribution in [2.75, 3.05) is 5.32 Å². The molecule has 0 aliphatic rings. The van der Waals surface area contributed by atoms with Crippen molar-refractivity contribution < 1.29 is 14.7 Å². The SMILES string of the molecule is CC(CC(O)c1ccccc1)NC(=O)C(=O)Nc1ccccc1Cl. The molecule has 2 rings (SSSR count). The van der Waals surface area contributed by atoms with Gasteiger partial charge in [-0.05, 0) is 31.0 Å². The van der Waals surface area contributed by atoms with E-state index in [0.717, 1.165) is 5.56 Å². The van der Waals surface area contributed by atoms with Crippen LogP contribution in [0.25, 0.3) is 0 Å². The highest BCUT2D eigenvalue weighted by Crippen LogP contribution is 2.20. The maximum absolute atomic E-state index is 11.9. The van der Waals surface area contributed by atoms with Crippen molar-refractivity contribution in [1.29, 1.82) is 0 Å². The third-order valence-corrected chi connectivity index (χ3v) is 3.80. The number of carbonyl (C=O) groups excluding carboxylic acids is 2. The summed E-state index contributed by atoms with van der Waals surface area (Å²) in [4.78, 5) is 23.9. The molecule has 0 saturated heterocycles. The van der Waals surface area contributed by atoms with Gasteiger partial charge in [0.2, 0.25) is 0 Å². The maximum atomic E-state index is 11.9. The minimum Gasteiger partial charge on any atom is -0.388 e. The lowest BCUT2D eigenvalue weighted by Gasteiger charge is -2.18. The fourth-order valence-corrected chi connectivity index (χ4v) is 2.42. The van der Waals surface area contributed by atoms with Crippen LogP contribution in [0.4, 0.5) is 5.69 Å². The van der Waals surface area contributed by atoms with E-state index in [-0.39, 0.29) is 6.04 Å². The molecule has 0 aromatic heterocycles. The van der Waals surface area contributed by atoms with Gasteiger partial charge in [-0.1, -0.05) is 54.1 Å². The Morgan fingerprint density at radius 1 is 1.04 bits per heavy atom. The van der Waals surface area contributed by atoms with Gasteiger partial charge in [0.05, 0.1) is 16.8 Å². The van der Waals surface area contributed by atoms with Gasteiger partial charge in [0, 0.05) is 6.04 Å². The number of hydrogen-bond donors (Lipinski definition) is 3. The van der Waals surface area contributed by atoms with Crippen LogP contribution in [-0.4, -0.2) is 23.0 Å². The minimum atomic E-state index is -0.802. The molecule has 0 fully saturated rings. The number of rotatable bonds is 5. The number of carbonyl (C=O) groups is 2. The summed E-state index contributed by atoms with van der Waals surface area (Å²) in [6.45, 7) is 1.73. The topological polar surface area (TPSA) is 78.4 Å². The van der Waals surface area contributed by atoms with Gasteiger partial charge >= 0.3 is 11.8 Å². The molecule has 3 N–H and O–H groups in total. The fraction of sp³-hybridized carbons (Fsp3) is 0.222. The Kier molecular flexibility index (Phi) is 6.35. The van der Waals surface area contributed by atoms with Gasteiger partial charge in [-0.15, -0.1) is 0 Å². The Morgan fingerprint density at radius 2 is 1.67 bits per heavy atom. The van der Waals surface area contributed by atoms with Crippen LogP contribution in [-0.2, 0) is 9.59 Å². The van der Waals surface area contributed by atoms with Gasteiger partial charge in [0.15, 0.2) is 0 Å². The van der Waals surface area contributed by atoms with Crippen molar-refractivity contribution in [2.24, 2.45) is 0 Å². The molecule has 0 bridgehead atoms. The van der Waals surface area contributed by atoms with Gasteiger partial charge in [0.25, 0.3) is 0 Å². The molecule has 2 atom stereocenters. The van der Waals surface area contributed by atoms with E-state index in [1.54, 1.807) is 31.2 Å². The lowest BCUT2D eigenvalue weighted by Crippen LogP contribution is -2.41. The number of para-hydroxylation sites is 1. The van der Waals surface area contributed by atoms with Gasteiger partial charge in [-0.2, -0.15) is 0 Å². The van der Waals surface area contributed by atoms with Crippen molar-refractivity contribution >= 4 is 29.1 Å². The molecule has 2 amide bonds. The van der Waals surface area contributed by atoms with Crippen LogP contribution >= 0.6 is 11.6 Å². The van der Waals surface area contributed by atoms with E-state index in [9.17, 15) is 14.7 Å². The molecule has 2 aromatic rings. The lowest BCUT2D eigenvalue weighted by atomic mass is 10.0. The van der Waals surface area contributed by atoms with E-state index < -0.39 is 17.9 Å². The molecule has 0 spiro atoms. The second-order valence-electron chi connectivity index (χ2n) is 5.47. The highest BCUT2D eigenvalue weighted by Gasteiger charge is 2.19. The van der Waals surface area contributed by atoms with E-state index in [2.05, 4.69) is 10.6 Å². The van der Waals surface area contributed by atoms with E-state index in [4.69, 9.17) is 11.6 Å². The Bertz CT molecular complexity index is 706. The number of aliphatic hydroxyl groups is 1. The number of hydrogen-bond acceptors (Lipinski definition) is 3. The molecule has 2 aromatic carbocycles. The molecule has 126 valence electrons. The summed E-state index contributed by atoms with van der Waals surface area (Å²) in [6, 6.07) is 15.4. The predicted molar refractivity (Wildman–Crippen MR) is 93.7 cm³/mol. The first-order valence-corrected chi connectivity index (χ1v) is 7.94. The number of aliphatic hydroxyl groups excluding tert-OH is 1. The number of anilines is 1. The zero-order valence-corrected chi connectivity index (χ0v) is 14.0. The van der Waals surface area contributed by atoms with Crippen molar-refractivity contribution in [1.82, 2.24) is 5.32 Å². The number of nitrogens with one attached hydrogen (secondary N) is 2. The van der Waals surface area contributed by atoms with Crippen molar-refractivity contribution in [3.05, 3.63) is 65.2 Å². The average molecular weight is 347 g/mol. The molecule has 5 nitrogen and oxygen atoms in total. The van der Waals surface area contributed by atoms with Crippen LogP contribution in [0.3, 0.4) is 0 Å². The van der Waals surface area contributed by atoms with Gasteiger partial charge < -0.3 is 15.7 Å². The first kappa shape index (κ1) is 18.0. The summed E-state index contributed by atoms with van der Waals surface area (Å²) in [7, 11) is 0. The second kappa shape index (κ2) is 8.47. The van der Waals surface area contributed by atoms with Crippen LogP contribution in [0.1, 0.15) is 25.0 Å². The number of halogens is 1. The summed E-state index contributed by atoms with van der Waals surface area (Å²) in [5, 5.41) is 15.5. The first-order chi connectivity index (χ1) is 11.5. The zero-order valence-electron chi connectivity index (χ0n) is 13.2. The maximum Gasteiger partial charge on any atom is 0.313 e. The smallest absolute Gasteiger partial charge is 0.313 e. The van der Waals surface area contributed by atoms with E-state index in [0.29, 0.717) is 17.1 Å². The Hall–Kier alpha value is -2.37. The van der Waals surface area contributed by atoms with E-state index in [1.165, 1.54) is 0 Å². The number of benzene rings is 2. The molecule has 6 heteroatoms. The molecular weight excluding hydrogens is 328 g/mol. The van der Waals surface area contributed by atoms with Gasteiger partial charge in [-0.3, -0.25) is 9.59 Å². The average Bonchev–Trinajstić information content (AvgIpc) is 2.57. The number of amides is 2. The molecule has 0 saturated carbocycles. The molecule has 0 aliphatic heterocycles. The van der Waals surface area contributed by atoms with Gasteiger partial charge in [-0.25, -0.2) is 0 Å². The quantitative estimate of drug-likeness (QED) is 0.728. The zero-order chi connectivity index (χ0) is 17.5. The highest BCUT2D eigenvalue weighted by molar-refractivity contribution is 6.41. The highest BCUT2D eigenvalue weighted by atomic mass is 35.5. The Balaban J connectivity index is 1.87. The van der Waals surface area contributed by atoms with Crippen LogP contribution in [0, 0.1) is 0 Å². The van der Waals surface area contributed by atoms with Gasteiger partial charge in [0.1, 0.15) is 0 Å². The predicted octanol–water partition coefficient (Wildman–Crippen LogP) is 2.91. The fourth-order valence-electron chi connectivity index (χ4n) is 2.24. The summed E-state index contributed by atoms with van der Waals surface area (Å²) in [6.07, 6.45) is -0.414. The van der Waals surface area contributed by atoms with Crippen LogP contribution in [0.2, 0.25) is 5.02 Å². The third kappa shape index (κ3) is 5.08. The molecule has 24 heavy (non-hydrogen) atoms. The molecule has 0 radical (unpaired) electrons. The van der Waals surface area contributed by atoms with Crippen LogP contribution in [0.5, 0.6) is 0 Å². The van der Waals surface area contributed by atoms with Crippen molar-refractivity contribution in [3.8, 4) is 0 Å². The standard InChI is InChI=1S/C18H19ClN2O3/c1-12(11-16(22)13-7-3-2-4-8-13)20-17(23)18(24)21-15-10-6-5-9-14(15)19/h2-10,12,16,22H,11H2,1H3,(H,20,23)(H,21,24). The normalized spacial score (nSPS) is 13.0. The monoisotopic (exact) mass is 346 g/mol. The third-order valence-electron chi connectivity index (χ3n) is 3.47. The second-order valence-corrected chi connectivity index (χ2v) is 5.88. The summed E-state index contributed by atoms with van der Waals surface area (Å²) < 4.78 is 0. The van der Waals surface area contributed by atoms with Crippen molar-refractivity contribution in [2.45, 2.75) is 25.5 Å². The largest absolute Gasteiger partial charge is 0.388 e. The summed E-state index contributed by atoms with van der Waals surface area (Å²) >= 11 is 5.94. The van der Waals surface area contributed by atoms with Crippen LogP contribution < -0.4 is 10.6 Å². The summed E-state index contributed by atoms with van der Waals surface area (Å²) in [5.74, 6) is -1.58. The minimum absolute atomic E-state index is 0.301. The Labute approximate surface area is 145 Å². The molecule has 0 heterocycles. The van der Waals surface area contributed by atoms with Crippen molar-refractivity contribution in [3.63, 3.8) is 0 Å². The molecular formula is C18H19ClN2O3. The molecule has 0 aliphatic carbocycles. The Morgan fingerprint density at radius 3 is 2.33 bits per heavy atom. The van der Waals surface area contributed by atoms with Crippen LogP contribution in [0.15, 0.2) is 54.6 Å². The first-order valence-electron chi connectivity index (χ1n) is 7.56. The molecule has 2 unspecified atom stereocenters. The van der Waals surface area contributed by atoms with E-state index in [1.807, 2.05) is 30.3 Å². The summed E-state index contributed by atoms with van der Waals surface area (Å²) in [5.41, 5.74) is 1.13. The van der Waals surface area contributed by atoms with E-state index >= 15 is 0 Å². The lowest BCUT2D eigenvalue weighted by molar-refractivity contribution is -0.136.